The minimum atomic E-state index is -0.585. The molecule has 0 spiro atoms. The summed E-state index contributed by atoms with van der Waals surface area (Å²) in [6, 6.07) is 4.68. The lowest BCUT2D eigenvalue weighted by atomic mass is 10.0. The Balaban J connectivity index is 0.00000118. The van der Waals surface area contributed by atoms with Crippen LogP contribution in [0.3, 0.4) is 0 Å². The molecule has 1 aromatic carbocycles. The number of carbonyl (C=O) groups excluding carboxylic acids is 1. The zero-order valence-corrected chi connectivity index (χ0v) is 14.5. The molecule has 4 nitrogen and oxygen atoms in total. The first kappa shape index (κ1) is 21.5. The SMILES string of the molecule is C=C=C(COC(=O)C(=C)C(=C)C)c1cc(C)ccc1F.CCNN. The number of hydrazine groups is 1. The van der Waals surface area contributed by atoms with Crippen molar-refractivity contribution in [3.05, 3.63) is 71.8 Å². The molecule has 0 atom stereocenters. The summed E-state index contributed by atoms with van der Waals surface area (Å²) in [7, 11) is 0. The minimum Gasteiger partial charge on any atom is -0.457 e. The van der Waals surface area contributed by atoms with Gasteiger partial charge in [-0.2, -0.15) is 0 Å². The van der Waals surface area contributed by atoms with E-state index in [1.54, 1.807) is 19.1 Å². The van der Waals surface area contributed by atoms with Gasteiger partial charge in [-0.05, 0) is 31.6 Å². The Bertz CT molecular complexity index is 657. The number of nitrogens with two attached hydrogens (primary N) is 1. The van der Waals surface area contributed by atoms with Gasteiger partial charge in [-0.15, -0.1) is 5.73 Å². The van der Waals surface area contributed by atoms with Crippen molar-refractivity contribution in [2.24, 2.45) is 5.84 Å². The van der Waals surface area contributed by atoms with Gasteiger partial charge in [-0.1, -0.05) is 38.3 Å². The van der Waals surface area contributed by atoms with Crippen LogP contribution in [0.2, 0.25) is 0 Å². The molecule has 0 bridgehead atoms. The van der Waals surface area contributed by atoms with Gasteiger partial charge in [0.05, 0.1) is 5.57 Å². The highest BCUT2D eigenvalue weighted by Crippen LogP contribution is 2.20. The minimum absolute atomic E-state index is 0.116. The lowest BCUT2D eigenvalue weighted by Crippen LogP contribution is -2.20. The van der Waals surface area contributed by atoms with Gasteiger partial charge in [0.2, 0.25) is 0 Å². The van der Waals surface area contributed by atoms with Crippen molar-refractivity contribution >= 4 is 11.5 Å². The smallest absolute Gasteiger partial charge is 0.338 e. The molecule has 0 heterocycles. The monoisotopic (exact) mass is 332 g/mol. The number of hydrogen-bond acceptors (Lipinski definition) is 4. The molecule has 130 valence electrons. The molecule has 1 rings (SSSR count). The summed E-state index contributed by atoms with van der Waals surface area (Å²) in [5, 5.41) is 0. The Labute approximate surface area is 143 Å². The largest absolute Gasteiger partial charge is 0.457 e. The van der Waals surface area contributed by atoms with Crippen LogP contribution < -0.4 is 11.3 Å². The Kier molecular flexibility index (Phi) is 9.99. The van der Waals surface area contributed by atoms with Crippen LogP contribution in [0.5, 0.6) is 0 Å². The highest BCUT2D eigenvalue weighted by Gasteiger charge is 2.13. The summed E-state index contributed by atoms with van der Waals surface area (Å²) >= 11 is 0. The molecule has 0 unspecified atom stereocenters. The van der Waals surface area contributed by atoms with E-state index in [0.29, 0.717) is 16.7 Å². The average Bonchev–Trinajstić information content (AvgIpc) is 2.57. The maximum atomic E-state index is 13.8. The number of nitrogens with one attached hydrogen (secondary N) is 1. The fourth-order valence-corrected chi connectivity index (χ4v) is 1.49. The molecule has 0 fully saturated rings. The molecular weight excluding hydrogens is 307 g/mol. The van der Waals surface area contributed by atoms with Crippen molar-refractivity contribution < 1.29 is 13.9 Å². The quantitative estimate of drug-likeness (QED) is 0.209. The van der Waals surface area contributed by atoms with Gasteiger partial charge in [-0.25, -0.2) is 9.18 Å². The van der Waals surface area contributed by atoms with Gasteiger partial charge in [0.1, 0.15) is 12.4 Å². The van der Waals surface area contributed by atoms with Crippen LogP contribution in [-0.4, -0.2) is 19.1 Å². The molecule has 0 aliphatic rings. The van der Waals surface area contributed by atoms with Crippen LogP contribution in [0, 0.1) is 12.7 Å². The number of hydrogen-bond donors (Lipinski definition) is 2. The van der Waals surface area contributed by atoms with Crippen molar-refractivity contribution in [2.75, 3.05) is 13.2 Å². The second kappa shape index (κ2) is 11.1. The van der Waals surface area contributed by atoms with Crippen LogP contribution in [0.25, 0.3) is 5.57 Å². The van der Waals surface area contributed by atoms with E-state index in [2.05, 4.69) is 30.9 Å². The Morgan fingerprint density at radius 2 is 2.00 bits per heavy atom. The lowest BCUT2D eigenvalue weighted by Gasteiger charge is -2.10. The van der Waals surface area contributed by atoms with E-state index in [-0.39, 0.29) is 12.2 Å². The van der Waals surface area contributed by atoms with Gasteiger partial charge in [0, 0.05) is 17.7 Å². The third-order valence-electron chi connectivity index (χ3n) is 2.97. The summed E-state index contributed by atoms with van der Waals surface area (Å²) in [6.07, 6.45) is 0. The average molecular weight is 332 g/mol. The fourth-order valence-electron chi connectivity index (χ4n) is 1.49. The molecule has 0 aliphatic heterocycles. The Morgan fingerprint density at radius 3 is 2.46 bits per heavy atom. The normalized spacial score (nSPS) is 9.21. The van der Waals surface area contributed by atoms with Crippen LogP contribution in [0.15, 0.2) is 54.8 Å². The molecule has 0 saturated heterocycles. The highest BCUT2D eigenvalue weighted by atomic mass is 19.1. The zero-order chi connectivity index (χ0) is 18.7. The van der Waals surface area contributed by atoms with E-state index in [0.717, 1.165) is 12.1 Å². The van der Waals surface area contributed by atoms with Crippen molar-refractivity contribution in [3.63, 3.8) is 0 Å². The van der Waals surface area contributed by atoms with Gasteiger partial charge in [0.15, 0.2) is 0 Å². The first-order valence-electron chi connectivity index (χ1n) is 7.39. The van der Waals surface area contributed by atoms with Crippen molar-refractivity contribution in [3.8, 4) is 0 Å². The summed E-state index contributed by atoms with van der Waals surface area (Å²) in [4.78, 5) is 11.7. The molecule has 0 amide bonds. The molecule has 24 heavy (non-hydrogen) atoms. The van der Waals surface area contributed by atoms with E-state index in [1.165, 1.54) is 6.07 Å². The summed E-state index contributed by atoms with van der Waals surface area (Å²) in [5.74, 6) is 3.79. The first-order chi connectivity index (χ1) is 11.3. The summed E-state index contributed by atoms with van der Waals surface area (Å²) in [6.45, 7) is 16.9. The van der Waals surface area contributed by atoms with Crippen LogP contribution in [-0.2, 0) is 9.53 Å². The number of aryl methyl sites for hydroxylation is 1. The third-order valence-corrected chi connectivity index (χ3v) is 2.97. The van der Waals surface area contributed by atoms with E-state index in [1.807, 2.05) is 13.8 Å². The molecule has 1 aromatic rings. The number of benzene rings is 1. The number of esters is 1. The standard InChI is InChI=1S/C17H17FO2.C2H8N2/c1-6-14(10-20-17(19)13(5)11(2)3)15-9-12(4)7-8-16(15)18;1-2-4-3/h7-9H,1-2,5,10H2,3-4H3;4H,2-3H2,1H3. The van der Waals surface area contributed by atoms with Crippen molar-refractivity contribution in [1.82, 2.24) is 5.43 Å². The molecule has 0 radical (unpaired) electrons. The molecule has 0 aliphatic carbocycles. The van der Waals surface area contributed by atoms with Gasteiger partial charge >= 0.3 is 5.97 Å². The number of halogens is 1. The Morgan fingerprint density at radius 1 is 1.42 bits per heavy atom. The fraction of sp³-hybridized carbons (Fsp3) is 0.263. The lowest BCUT2D eigenvalue weighted by molar-refractivity contribution is -0.137. The van der Waals surface area contributed by atoms with Gasteiger partial charge in [0.25, 0.3) is 0 Å². The zero-order valence-electron chi connectivity index (χ0n) is 14.5. The van der Waals surface area contributed by atoms with E-state index >= 15 is 0 Å². The number of rotatable bonds is 6. The van der Waals surface area contributed by atoms with E-state index in [9.17, 15) is 9.18 Å². The Hall–Kier alpha value is -2.46. The molecular formula is C19H25FN2O2. The second-order valence-corrected chi connectivity index (χ2v) is 5.03. The topological polar surface area (TPSA) is 64.3 Å². The summed E-state index contributed by atoms with van der Waals surface area (Å²) in [5.41, 5.74) is 7.37. The molecule has 0 aromatic heterocycles. The molecule has 5 heteroatoms. The van der Waals surface area contributed by atoms with Gasteiger partial charge in [-0.3, -0.25) is 11.3 Å². The predicted octanol–water partition coefficient (Wildman–Crippen LogP) is 3.45. The number of ether oxygens (including phenoxy) is 1. The van der Waals surface area contributed by atoms with E-state index in [4.69, 9.17) is 10.6 Å². The molecule has 0 saturated carbocycles. The number of carbonyl (C=O) groups is 1. The van der Waals surface area contributed by atoms with Gasteiger partial charge < -0.3 is 4.74 Å². The third kappa shape index (κ3) is 7.20. The van der Waals surface area contributed by atoms with Crippen LogP contribution >= 0.6 is 0 Å². The maximum Gasteiger partial charge on any atom is 0.338 e. The maximum absolute atomic E-state index is 13.8. The molecule has 3 N–H and O–H groups in total. The van der Waals surface area contributed by atoms with Crippen LogP contribution in [0.1, 0.15) is 25.0 Å². The summed E-state index contributed by atoms with van der Waals surface area (Å²) < 4.78 is 18.8. The van der Waals surface area contributed by atoms with Crippen LogP contribution in [0.4, 0.5) is 4.39 Å². The predicted molar refractivity (Wildman–Crippen MR) is 96.5 cm³/mol. The van der Waals surface area contributed by atoms with Crippen molar-refractivity contribution in [2.45, 2.75) is 20.8 Å². The van der Waals surface area contributed by atoms with Crippen molar-refractivity contribution in [1.29, 1.82) is 0 Å². The second-order valence-electron chi connectivity index (χ2n) is 5.03. The highest BCUT2D eigenvalue weighted by molar-refractivity contribution is 5.92. The first-order valence-corrected chi connectivity index (χ1v) is 7.39. The van der Waals surface area contributed by atoms with E-state index < -0.39 is 11.8 Å².